The summed E-state index contributed by atoms with van der Waals surface area (Å²) < 4.78 is 39.4. The fourth-order valence-electron chi connectivity index (χ4n) is 3.03. The lowest BCUT2D eigenvalue weighted by atomic mass is 10.1. The van der Waals surface area contributed by atoms with E-state index in [0.29, 0.717) is 35.3 Å². The lowest BCUT2D eigenvalue weighted by Gasteiger charge is -2.22. The number of carbonyl (C=O) groups excluding carboxylic acids is 1. The van der Waals surface area contributed by atoms with Gasteiger partial charge in [-0.05, 0) is 36.2 Å². The molecule has 0 saturated heterocycles. The number of hydroxylamine groups is 1. The smallest absolute Gasteiger partial charge is 0.288 e. The highest BCUT2D eigenvalue weighted by Crippen LogP contribution is 2.30. The maximum absolute atomic E-state index is 13.1. The molecule has 0 bridgehead atoms. The Kier molecular flexibility index (Phi) is 8.25. The number of amides is 1. The summed E-state index contributed by atoms with van der Waals surface area (Å²) in [5.41, 5.74) is 3.26. The molecule has 1 heterocycles. The zero-order valence-electron chi connectivity index (χ0n) is 17.2. The van der Waals surface area contributed by atoms with E-state index in [-0.39, 0.29) is 12.2 Å². The first-order valence-corrected chi connectivity index (χ1v) is 11.0. The van der Waals surface area contributed by atoms with Crippen LogP contribution in [-0.2, 0) is 30.6 Å². The van der Waals surface area contributed by atoms with Gasteiger partial charge < -0.3 is 0 Å². The largest absolute Gasteiger partial charge is 0.416 e. The third-order valence-electron chi connectivity index (χ3n) is 4.41. The van der Waals surface area contributed by atoms with Crippen LogP contribution in [0.2, 0.25) is 5.02 Å². The van der Waals surface area contributed by atoms with Gasteiger partial charge in [0.05, 0.1) is 18.7 Å². The van der Waals surface area contributed by atoms with E-state index in [0.717, 1.165) is 17.7 Å². The number of aromatic nitrogens is 1. The minimum atomic E-state index is -4.41. The molecule has 3 aromatic rings. The normalized spacial score (nSPS) is 11.7. The molecule has 0 aliphatic carbocycles. The maximum Gasteiger partial charge on any atom is 0.416 e. The fraction of sp³-hybridized carbons (Fsp3) is 0.273. The first-order valence-electron chi connectivity index (χ1n) is 9.74. The van der Waals surface area contributed by atoms with Crippen LogP contribution in [0.1, 0.15) is 39.1 Å². The molecule has 32 heavy (non-hydrogen) atoms. The second-order valence-electron chi connectivity index (χ2n) is 6.96. The molecule has 0 unspecified atom stereocenters. The van der Waals surface area contributed by atoms with Gasteiger partial charge in [0.25, 0.3) is 5.91 Å². The molecule has 0 fully saturated rings. The molecule has 0 spiro atoms. The highest BCUT2D eigenvalue weighted by atomic mass is 35.5. The predicted octanol–water partition coefficient (Wildman–Crippen LogP) is 5.70. The van der Waals surface area contributed by atoms with Gasteiger partial charge >= 0.3 is 6.18 Å². The Bertz CT molecular complexity index is 1060. The van der Waals surface area contributed by atoms with Crippen molar-refractivity contribution in [3.63, 3.8) is 0 Å². The summed E-state index contributed by atoms with van der Waals surface area (Å²) in [6, 6.07) is 12.5. The molecule has 3 rings (SSSR count). The average molecular weight is 484 g/mol. The summed E-state index contributed by atoms with van der Waals surface area (Å²) in [6.07, 6.45) is -4.41. The summed E-state index contributed by atoms with van der Waals surface area (Å²) >= 11 is 7.39. The van der Waals surface area contributed by atoms with Crippen LogP contribution >= 0.6 is 22.9 Å². The van der Waals surface area contributed by atoms with Crippen molar-refractivity contribution in [3.8, 4) is 0 Å². The number of rotatable bonds is 9. The van der Waals surface area contributed by atoms with Gasteiger partial charge in [0.2, 0.25) is 0 Å². The van der Waals surface area contributed by atoms with Gasteiger partial charge in [0, 0.05) is 23.5 Å². The molecule has 1 N–H and O–H groups in total. The lowest BCUT2D eigenvalue weighted by Crippen LogP contribution is -2.25. The molecule has 0 saturated carbocycles. The van der Waals surface area contributed by atoms with E-state index in [4.69, 9.17) is 16.4 Å². The Morgan fingerprint density at radius 2 is 1.81 bits per heavy atom. The molecule has 0 radical (unpaired) electrons. The number of nitrogens with one attached hydrogen (secondary N) is 1. The lowest BCUT2D eigenvalue weighted by molar-refractivity contribution is -0.137. The van der Waals surface area contributed by atoms with E-state index < -0.39 is 17.6 Å². The fourth-order valence-corrected chi connectivity index (χ4v) is 4.06. The number of alkyl halides is 3. The third-order valence-corrected chi connectivity index (χ3v) is 5.48. The molecule has 0 atom stereocenters. The monoisotopic (exact) mass is 483 g/mol. The van der Waals surface area contributed by atoms with Crippen molar-refractivity contribution in [2.45, 2.75) is 32.7 Å². The average Bonchev–Trinajstić information content (AvgIpc) is 3.20. The summed E-state index contributed by atoms with van der Waals surface area (Å²) in [6.45, 7) is 3.12. The van der Waals surface area contributed by atoms with Crippen LogP contribution in [0.15, 0.2) is 53.9 Å². The van der Waals surface area contributed by atoms with Gasteiger partial charge in [-0.1, -0.05) is 41.9 Å². The van der Waals surface area contributed by atoms with E-state index in [1.165, 1.54) is 17.4 Å². The summed E-state index contributed by atoms with van der Waals surface area (Å²) in [5, 5.41) is 2.84. The topological polar surface area (TPSA) is 54.5 Å². The Labute approximate surface area is 192 Å². The number of thiazole rings is 1. The van der Waals surface area contributed by atoms with E-state index in [1.54, 1.807) is 24.4 Å². The Morgan fingerprint density at radius 3 is 2.47 bits per heavy atom. The second-order valence-corrected chi connectivity index (χ2v) is 8.34. The van der Waals surface area contributed by atoms with E-state index in [2.05, 4.69) is 10.5 Å². The minimum absolute atomic E-state index is 0.222. The van der Waals surface area contributed by atoms with E-state index in [9.17, 15) is 18.0 Å². The molecule has 0 aliphatic heterocycles. The number of hydrogen-bond acceptors (Lipinski definition) is 5. The summed E-state index contributed by atoms with van der Waals surface area (Å²) in [5.74, 6) is -0.450. The molecule has 170 valence electrons. The van der Waals surface area contributed by atoms with Crippen molar-refractivity contribution >= 4 is 28.8 Å². The number of hydrogen-bond donors (Lipinski definition) is 1. The van der Waals surface area contributed by atoms with Crippen LogP contribution in [0, 0.1) is 0 Å². The van der Waals surface area contributed by atoms with Crippen molar-refractivity contribution in [2.75, 3.05) is 6.61 Å². The highest BCUT2D eigenvalue weighted by Gasteiger charge is 2.30. The van der Waals surface area contributed by atoms with E-state index >= 15 is 0 Å². The maximum atomic E-state index is 13.1. The SMILES string of the molecule is CCONC(=O)c1csc(CN(Cc2cccc(Cl)c2)Cc2cccc(C(F)(F)F)c2)n1. The van der Waals surface area contributed by atoms with Gasteiger partial charge in [-0.15, -0.1) is 11.3 Å². The van der Waals surface area contributed by atoms with Crippen LogP contribution in [0.25, 0.3) is 0 Å². The highest BCUT2D eigenvalue weighted by molar-refractivity contribution is 7.09. The van der Waals surface area contributed by atoms with Crippen molar-refractivity contribution < 1.29 is 22.8 Å². The van der Waals surface area contributed by atoms with E-state index in [1.807, 2.05) is 23.1 Å². The minimum Gasteiger partial charge on any atom is -0.288 e. The number of benzene rings is 2. The number of halogens is 4. The van der Waals surface area contributed by atoms with Crippen molar-refractivity contribution in [2.24, 2.45) is 0 Å². The molecular formula is C22H21ClF3N3O2S. The second kappa shape index (κ2) is 10.9. The zero-order chi connectivity index (χ0) is 23.1. The van der Waals surface area contributed by atoms with Gasteiger partial charge in [0.1, 0.15) is 10.7 Å². The zero-order valence-corrected chi connectivity index (χ0v) is 18.7. The number of carbonyl (C=O) groups is 1. The van der Waals surface area contributed by atoms with Crippen LogP contribution < -0.4 is 5.48 Å². The van der Waals surface area contributed by atoms with Crippen LogP contribution in [0.3, 0.4) is 0 Å². The predicted molar refractivity (Wildman–Crippen MR) is 117 cm³/mol. The number of nitrogens with zero attached hydrogens (tertiary/aromatic N) is 2. The first-order chi connectivity index (χ1) is 15.2. The molecular weight excluding hydrogens is 463 g/mol. The molecule has 1 amide bonds. The Morgan fingerprint density at radius 1 is 1.12 bits per heavy atom. The van der Waals surface area contributed by atoms with Gasteiger partial charge in [-0.3, -0.25) is 14.5 Å². The van der Waals surface area contributed by atoms with Gasteiger partial charge in [0.15, 0.2) is 0 Å². The molecule has 10 heteroatoms. The molecule has 1 aromatic heterocycles. The summed E-state index contributed by atoms with van der Waals surface area (Å²) in [7, 11) is 0. The Balaban J connectivity index is 1.80. The van der Waals surface area contributed by atoms with Crippen LogP contribution in [0.4, 0.5) is 13.2 Å². The van der Waals surface area contributed by atoms with Crippen molar-refractivity contribution in [3.05, 3.63) is 86.3 Å². The third kappa shape index (κ3) is 7.03. The van der Waals surface area contributed by atoms with Gasteiger partial charge in [-0.25, -0.2) is 10.5 Å². The first kappa shape index (κ1) is 24.2. The molecule has 5 nitrogen and oxygen atoms in total. The Hall–Kier alpha value is -2.46. The van der Waals surface area contributed by atoms with Gasteiger partial charge in [-0.2, -0.15) is 13.2 Å². The molecule has 2 aromatic carbocycles. The van der Waals surface area contributed by atoms with Crippen molar-refractivity contribution in [1.82, 2.24) is 15.4 Å². The van der Waals surface area contributed by atoms with Crippen LogP contribution in [0.5, 0.6) is 0 Å². The quantitative estimate of drug-likeness (QED) is 0.397. The van der Waals surface area contributed by atoms with Crippen molar-refractivity contribution in [1.29, 1.82) is 0 Å². The standard InChI is InChI=1S/C22H21ClF3N3O2S/c1-2-31-28-21(30)19-14-32-20(27-19)13-29(12-16-6-4-8-18(23)10-16)11-15-5-3-7-17(9-15)22(24,25)26/h3-10,14H,2,11-13H2,1H3,(H,28,30). The summed E-state index contributed by atoms with van der Waals surface area (Å²) in [4.78, 5) is 23.2. The molecule has 0 aliphatic rings. The van der Waals surface area contributed by atoms with Crippen LogP contribution in [-0.4, -0.2) is 22.4 Å².